The number of aryl methyl sites for hydroxylation is 1. The minimum Gasteiger partial charge on any atom is -0.495 e. The van der Waals surface area contributed by atoms with Gasteiger partial charge in [-0.3, -0.25) is 13.9 Å². The molecule has 1 atom stereocenters. The van der Waals surface area contributed by atoms with Gasteiger partial charge in [0.15, 0.2) is 0 Å². The van der Waals surface area contributed by atoms with Crippen molar-refractivity contribution in [3.8, 4) is 5.75 Å². The molecule has 1 unspecified atom stereocenters. The largest absolute Gasteiger partial charge is 0.495 e. The number of anilines is 1. The van der Waals surface area contributed by atoms with Gasteiger partial charge in [0.1, 0.15) is 18.3 Å². The van der Waals surface area contributed by atoms with Crippen molar-refractivity contribution in [2.24, 2.45) is 0 Å². The third-order valence-corrected chi connectivity index (χ3v) is 8.46. The summed E-state index contributed by atoms with van der Waals surface area (Å²) < 4.78 is 34.4. The summed E-state index contributed by atoms with van der Waals surface area (Å²) in [6.45, 7) is 5.47. The molecule has 0 aliphatic carbocycles. The van der Waals surface area contributed by atoms with Crippen LogP contribution in [0.3, 0.4) is 0 Å². The molecular weight excluding hydrogens is 550 g/mol. The Morgan fingerprint density at radius 3 is 2.40 bits per heavy atom. The van der Waals surface area contributed by atoms with Gasteiger partial charge in [-0.2, -0.15) is 0 Å². The summed E-state index contributed by atoms with van der Waals surface area (Å²) in [5.74, 6) is -0.583. The van der Waals surface area contributed by atoms with Crippen molar-refractivity contribution < 1.29 is 22.7 Å². The molecule has 3 aromatic carbocycles. The molecular formula is C30H36ClN3O5S. The summed E-state index contributed by atoms with van der Waals surface area (Å²) in [6, 6.07) is 19.1. The zero-order chi connectivity index (χ0) is 29.3. The number of benzene rings is 3. The number of carbonyl (C=O) groups excluding carboxylic acids is 2. The van der Waals surface area contributed by atoms with Crippen LogP contribution in [0.25, 0.3) is 0 Å². The highest BCUT2D eigenvalue weighted by Gasteiger charge is 2.33. The first-order chi connectivity index (χ1) is 19.1. The van der Waals surface area contributed by atoms with Crippen LogP contribution in [0.4, 0.5) is 5.69 Å². The fourth-order valence-electron chi connectivity index (χ4n) is 4.18. The number of amides is 2. The van der Waals surface area contributed by atoms with Crippen molar-refractivity contribution in [1.29, 1.82) is 0 Å². The zero-order valence-electron chi connectivity index (χ0n) is 23.3. The molecule has 10 heteroatoms. The fraction of sp³-hybridized carbons (Fsp3) is 0.333. The molecule has 0 saturated carbocycles. The maximum absolute atomic E-state index is 14.0. The van der Waals surface area contributed by atoms with E-state index in [1.807, 2.05) is 13.8 Å². The van der Waals surface area contributed by atoms with Crippen LogP contribution in [0.15, 0.2) is 77.7 Å². The topological polar surface area (TPSA) is 96.0 Å². The van der Waals surface area contributed by atoms with Crippen LogP contribution < -0.4 is 14.4 Å². The number of ether oxygens (including phenoxy) is 1. The zero-order valence-corrected chi connectivity index (χ0v) is 24.8. The second-order valence-corrected chi connectivity index (χ2v) is 11.8. The summed E-state index contributed by atoms with van der Waals surface area (Å²) >= 11 is 6.19. The highest BCUT2D eigenvalue weighted by atomic mass is 35.5. The minimum absolute atomic E-state index is 0.0260. The lowest BCUT2D eigenvalue weighted by Gasteiger charge is -2.32. The van der Waals surface area contributed by atoms with E-state index in [2.05, 4.69) is 5.32 Å². The Balaban J connectivity index is 2.06. The molecule has 0 aliphatic rings. The first-order valence-electron chi connectivity index (χ1n) is 13.1. The van der Waals surface area contributed by atoms with Gasteiger partial charge in [-0.25, -0.2) is 8.42 Å². The number of rotatable bonds is 13. The lowest BCUT2D eigenvalue weighted by atomic mass is 10.1. The molecule has 0 spiro atoms. The van der Waals surface area contributed by atoms with Gasteiger partial charge in [0.25, 0.3) is 10.0 Å². The van der Waals surface area contributed by atoms with Gasteiger partial charge >= 0.3 is 0 Å². The van der Waals surface area contributed by atoms with Gasteiger partial charge in [-0.1, -0.05) is 61.3 Å². The lowest BCUT2D eigenvalue weighted by molar-refractivity contribution is -0.139. The van der Waals surface area contributed by atoms with Crippen molar-refractivity contribution in [3.05, 3.63) is 88.9 Å². The molecule has 2 amide bonds. The summed E-state index contributed by atoms with van der Waals surface area (Å²) in [7, 11) is -2.75. The van der Waals surface area contributed by atoms with Crippen molar-refractivity contribution in [2.45, 2.75) is 51.1 Å². The molecule has 1 N–H and O–H groups in total. The summed E-state index contributed by atoms with van der Waals surface area (Å²) in [5.41, 5.74) is 1.72. The van der Waals surface area contributed by atoms with E-state index in [0.29, 0.717) is 22.9 Å². The van der Waals surface area contributed by atoms with Crippen LogP contribution in [-0.2, 0) is 26.2 Å². The molecule has 0 saturated heterocycles. The third-order valence-electron chi connectivity index (χ3n) is 6.45. The Morgan fingerprint density at radius 2 is 1.75 bits per heavy atom. The number of nitrogens with zero attached hydrogens (tertiary/aromatic N) is 2. The maximum atomic E-state index is 14.0. The first kappa shape index (κ1) is 31.0. The molecule has 0 bridgehead atoms. The van der Waals surface area contributed by atoms with Gasteiger partial charge in [-0.15, -0.1) is 0 Å². The normalized spacial score (nSPS) is 11.9. The predicted octanol–water partition coefficient (Wildman–Crippen LogP) is 5.19. The van der Waals surface area contributed by atoms with E-state index < -0.39 is 28.5 Å². The van der Waals surface area contributed by atoms with Crippen LogP contribution in [0.2, 0.25) is 5.02 Å². The van der Waals surface area contributed by atoms with Gasteiger partial charge in [0.05, 0.1) is 17.7 Å². The number of hydrogen-bond donors (Lipinski definition) is 1. The Bertz CT molecular complexity index is 1420. The van der Waals surface area contributed by atoms with Gasteiger partial charge in [0.2, 0.25) is 11.8 Å². The van der Waals surface area contributed by atoms with Crippen molar-refractivity contribution in [3.63, 3.8) is 0 Å². The summed E-state index contributed by atoms with van der Waals surface area (Å²) in [4.78, 5) is 28.5. The second-order valence-electron chi connectivity index (χ2n) is 9.47. The van der Waals surface area contributed by atoms with E-state index in [0.717, 1.165) is 22.7 Å². The maximum Gasteiger partial charge on any atom is 0.264 e. The Morgan fingerprint density at radius 1 is 1.02 bits per heavy atom. The Hall–Kier alpha value is -3.56. The molecule has 0 heterocycles. The SMILES string of the molecule is CCCCNC(=O)C(C)N(Cc1cccc(Cl)c1)C(=O)CN(c1cc(C)ccc1OC)S(=O)(=O)c1ccccc1. The molecule has 0 fully saturated rings. The summed E-state index contributed by atoms with van der Waals surface area (Å²) in [5, 5.41) is 3.36. The second kappa shape index (κ2) is 14.2. The van der Waals surface area contributed by atoms with Gasteiger partial charge in [-0.05, 0) is 67.8 Å². The molecule has 8 nitrogen and oxygen atoms in total. The van der Waals surface area contributed by atoms with Crippen molar-refractivity contribution in [1.82, 2.24) is 10.2 Å². The molecule has 3 aromatic rings. The highest BCUT2D eigenvalue weighted by Crippen LogP contribution is 2.33. The average molecular weight is 586 g/mol. The number of methoxy groups -OCH3 is 1. The minimum atomic E-state index is -4.19. The molecule has 40 heavy (non-hydrogen) atoms. The van der Waals surface area contributed by atoms with Crippen molar-refractivity contribution in [2.75, 3.05) is 24.5 Å². The number of sulfonamides is 1. The van der Waals surface area contributed by atoms with Crippen LogP contribution in [0.5, 0.6) is 5.75 Å². The molecule has 214 valence electrons. The summed E-state index contributed by atoms with van der Waals surface area (Å²) in [6.07, 6.45) is 1.71. The molecule has 3 rings (SSSR count). The molecule has 0 radical (unpaired) electrons. The van der Waals surface area contributed by atoms with E-state index >= 15 is 0 Å². The fourth-order valence-corrected chi connectivity index (χ4v) is 5.83. The van der Waals surface area contributed by atoms with E-state index in [9.17, 15) is 18.0 Å². The molecule has 0 aromatic heterocycles. The highest BCUT2D eigenvalue weighted by molar-refractivity contribution is 7.92. The average Bonchev–Trinajstić information content (AvgIpc) is 2.94. The third kappa shape index (κ3) is 7.76. The molecule has 0 aliphatic heterocycles. The van der Waals surface area contributed by atoms with Gasteiger partial charge in [0, 0.05) is 18.1 Å². The van der Waals surface area contributed by atoms with Crippen LogP contribution in [0, 0.1) is 6.92 Å². The Labute approximate surface area is 241 Å². The number of carbonyl (C=O) groups is 2. The van der Waals surface area contributed by atoms with Crippen molar-refractivity contribution >= 4 is 39.1 Å². The number of hydrogen-bond acceptors (Lipinski definition) is 5. The van der Waals surface area contributed by atoms with E-state index in [-0.39, 0.29) is 23.0 Å². The van der Waals surface area contributed by atoms with Crippen LogP contribution in [-0.4, -0.2) is 51.4 Å². The van der Waals surface area contributed by atoms with E-state index in [1.165, 1.54) is 24.1 Å². The Kier molecular flexibility index (Phi) is 11.0. The monoisotopic (exact) mass is 585 g/mol. The van der Waals surface area contributed by atoms with E-state index in [4.69, 9.17) is 16.3 Å². The van der Waals surface area contributed by atoms with Crippen LogP contribution in [0.1, 0.15) is 37.8 Å². The first-order valence-corrected chi connectivity index (χ1v) is 14.9. The quantitative estimate of drug-likeness (QED) is 0.279. The van der Waals surface area contributed by atoms with Crippen LogP contribution >= 0.6 is 11.6 Å². The number of nitrogens with one attached hydrogen (secondary N) is 1. The van der Waals surface area contributed by atoms with Gasteiger partial charge < -0.3 is 15.0 Å². The standard InChI is InChI=1S/C30H36ClN3O5S/c1-5-6-17-32-30(36)23(3)33(20-24-11-10-12-25(31)19-24)29(35)21-34(27-18-22(2)15-16-28(27)39-4)40(37,38)26-13-8-7-9-14-26/h7-16,18-19,23H,5-6,17,20-21H2,1-4H3,(H,32,36). The lowest BCUT2D eigenvalue weighted by Crippen LogP contribution is -2.51. The number of unbranched alkanes of at least 4 members (excludes halogenated alkanes) is 1. The number of halogens is 1. The van der Waals surface area contributed by atoms with E-state index in [1.54, 1.807) is 67.6 Å². The predicted molar refractivity (Wildman–Crippen MR) is 158 cm³/mol. The smallest absolute Gasteiger partial charge is 0.264 e.